The van der Waals surface area contributed by atoms with Crippen molar-refractivity contribution in [2.75, 3.05) is 10.6 Å². The fraction of sp³-hybridized carbons (Fsp3) is 0.0357. The zero-order chi connectivity index (χ0) is 25.4. The first-order valence-corrected chi connectivity index (χ1v) is 11.4. The van der Waals surface area contributed by atoms with Crippen LogP contribution in [0.1, 0.15) is 15.9 Å². The monoisotopic (exact) mass is 496 g/mol. The Bertz CT molecular complexity index is 1690. The number of benzene rings is 4. The lowest BCUT2D eigenvalue weighted by atomic mass is 9.90. The van der Waals surface area contributed by atoms with Crippen LogP contribution in [0.3, 0.4) is 0 Å². The molecular formula is C28H20N2O5S. The van der Waals surface area contributed by atoms with E-state index in [4.69, 9.17) is 16.6 Å². The number of nitrogens with one attached hydrogen (secondary N) is 2. The van der Waals surface area contributed by atoms with Crippen LogP contribution in [0.5, 0.6) is 5.75 Å². The highest BCUT2D eigenvalue weighted by molar-refractivity contribution is 7.80. The Morgan fingerprint density at radius 3 is 2.47 bits per heavy atom. The van der Waals surface area contributed by atoms with Crippen LogP contribution in [0.25, 0.3) is 33.4 Å². The van der Waals surface area contributed by atoms with Gasteiger partial charge in [0.25, 0.3) is 0 Å². The van der Waals surface area contributed by atoms with Crippen molar-refractivity contribution in [3.63, 3.8) is 0 Å². The van der Waals surface area contributed by atoms with E-state index in [0.29, 0.717) is 38.5 Å². The third-order valence-corrected chi connectivity index (χ3v) is 6.05. The minimum Gasteiger partial charge on any atom is -0.508 e. The second-order valence-electron chi connectivity index (χ2n) is 8.28. The molecule has 3 aromatic carbocycles. The molecule has 3 aromatic rings. The highest BCUT2D eigenvalue weighted by Gasteiger charge is 2.22. The largest absolute Gasteiger partial charge is 0.508 e. The highest BCUT2D eigenvalue weighted by Crippen LogP contribution is 2.42. The van der Waals surface area contributed by atoms with Crippen LogP contribution in [-0.4, -0.2) is 21.3 Å². The van der Waals surface area contributed by atoms with Crippen LogP contribution in [0.15, 0.2) is 88.1 Å². The maximum Gasteiger partial charge on any atom is 0.336 e. The van der Waals surface area contributed by atoms with Crippen LogP contribution in [0.4, 0.5) is 11.4 Å². The minimum absolute atomic E-state index is 0.0116. The van der Waals surface area contributed by atoms with Crippen molar-refractivity contribution in [3.05, 3.63) is 100 Å². The fourth-order valence-corrected chi connectivity index (χ4v) is 4.39. The molecule has 0 saturated heterocycles. The van der Waals surface area contributed by atoms with Gasteiger partial charge >= 0.3 is 5.97 Å². The lowest BCUT2D eigenvalue weighted by Gasteiger charge is -2.18. The lowest BCUT2D eigenvalue weighted by Crippen LogP contribution is -2.20. The number of carboxylic acid groups (broad SMARTS) is 1. The van der Waals surface area contributed by atoms with Crippen molar-refractivity contribution in [1.29, 1.82) is 0 Å². The van der Waals surface area contributed by atoms with Gasteiger partial charge in [-0.1, -0.05) is 24.3 Å². The summed E-state index contributed by atoms with van der Waals surface area (Å²) in [4.78, 5) is 24.3. The van der Waals surface area contributed by atoms with Crippen LogP contribution >= 0.6 is 12.2 Å². The normalized spacial score (nSPS) is 10.9. The molecule has 0 aromatic heterocycles. The average molecular weight is 497 g/mol. The summed E-state index contributed by atoms with van der Waals surface area (Å²) in [6, 6.07) is 21.6. The third kappa shape index (κ3) is 4.37. The number of hydrogen-bond acceptors (Lipinski definition) is 5. The Labute approximate surface area is 211 Å². The van der Waals surface area contributed by atoms with E-state index in [1.165, 1.54) is 30.3 Å². The van der Waals surface area contributed by atoms with Crippen LogP contribution in [-0.2, 0) is 0 Å². The zero-order valence-corrected chi connectivity index (χ0v) is 19.8. The van der Waals surface area contributed by atoms with Gasteiger partial charge in [0.15, 0.2) is 10.5 Å². The van der Waals surface area contributed by atoms with E-state index in [1.54, 1.807) is 24.3 Å². The van der Waals surface area contributed by atoms with E-state index < -0.39 is 5.97 Å². The van der Waals surface area contributed by atoms with Crippen LogP contribution in [0.2, 0.25) is 0 Å². The Hall–Kier alpha value is -4.69. The number of fused-ring (bicyclic) bond motifs is 2. The Morgan fingerprint density at radius 2 is 1.69 bits per heavy atom. The topological polar surface area (TPSA) is 112 Å². The first-order valence-electron chi connectivity index (χ1n) is 11.0. The summed E-state index contributed by atoms with van der Waals surface area (Å²) in [5.41, 5.74) is 4.06. The molecule has 7 nitrogen and oxygen atoms in total. The maximum atomic E-state index is 12.4. The highest BCUT2D eigenvalue weighted by atomic mass is 32.1. The van der Waals surface area contributed by atoms with Gasteiger partial charge in [0.1, 0.15) is 17.1 Å². The number of phenols is 1. The molecule has 0 spiro atoms. The van der Waals surface area contributed by atoms with Crippen LogP contribution < -0.4 is 16.1 Å². The van der Waals surface area contributed by atoms with E-state index in [2.05, 4.69) is 10.6 Å². The summed E-state index contributed by atoms with van der Waals surface area (Å²) in [5, 5.41) is 27.1. The number of carboxylic acids is 1. The van der Waals surface area contributed by atoms with Gasteiger partial charge in [0.2, 0.25) is 0 Å². The molecule has 0 unspecified atom stereocenters. The van der Waals surface area contributed by atoms with Crippen molar-refractivity contribution in [2.24, 2.45) is 0 Å². The number of anilines is 2. The summed E-state index contributed by atoms with van der Waals surface area (Å²) in [6.45, 7) is 1.96. The molecule has 4 N–H and O–H groups in total. The third-order valence-electron chi connectivity index (χ3n) is 5.85. The van der Waals surface area contributed by atoms with Gasteiger partial charge in [0, 0.05) is 40.0 Å². The van der Waals surface area contributed by atoms with Gasteiger partial charge in [-0.2, -0.15) is 0 Å². The maximum absolute atomic E-state index is 12.4. The molecule has 36 heavy (non-hydrogen) atoms. The SMILES string of the molecule is Cc1ccccc1NC(=S)Nc1ccc(-c2c3ccc(=O)cc-3oc3cc(O)ccc23)c(C(=O)O)c1. The summed E-state index contributed by atoms with van der Waals surface area (Å²) >= 11 is 5.43. The Balaban J connectivity index is 1.61. The molecule has 0 radical (unpaired) electrons. The minimum atomic E-state index is -1.13. The summed E-state index contributed by atoms with van der Waals surface area (Å²) in [6.07, 6.45) is 0. The number of aryl methyl sites for hydroxylation is 1. The van der Waals surface area contributed by atoms with E-state index in [-0.39, 0.29) is 22.5 Å². The van der Waals surface area contributed by atoms with E-state index in [0.717, 1.165) is 11.3 Å². The molecule has 5 rings (SSSR count). The van der Waals surface area contributed by atoms with Gasteiger partial charge < -0.3 is 25.3 Å². The first-order chi connectivity index (χ1) is 17.3. The second-order valence-corrected chi connectivity index (χ2v) is 8.68. The number of aromatic hydroxyl groups is 1. The molecule has 1 aliphatic heterocycles. The molecule has 0 amide bonds. The molecule has 0 saturated carbocycles. The number of carbonyl (C=O) groups is 1. The molecular weight excluding hydrogens is 476 g/mol. The summed E-state index contributed by atoms with van der Waals surface area (Å²) < 4.78 is 5.87. The first kappa shape index (κ1) is 23.1. The summed E-state index contributed by atoms with van der Waals surface area (Å²) in [5.74, 6) is -0.854. The Morgan fingerprint density at radius 1 is 0.917 bits per heavy atom. The number of rotatable bonds is 4. The van der Waals surface area contributed by atoms with Crippen molar-refractivity contribution in [2.45, 2.75) is 6.92 Å². The van der Waals surface area contributed by atoms with Crippen molar-refractivity contribution in [3.8, 4) is 28.2 Å². The molecule has 1 aliphatic carbocycles. The van der Waals surface area contributed by atoms with Gasteiger partial charge in [-0.05, 0) is 72.7 Å². The molecule has 178 valence electrons. The molecule has 0 atom stereocenters. The van der Waals surface area contributed by atoms with Crippen molar-refractivity contribution < 1.29 is 19.4 Å². The van der Waals surface area contributed by atoms with Gasteiger partial charge in [-0.3, -0.25) is 4.79 Å². The number of hydrogen-bond donors (Lipinski definition) is 4. The van der Waals surface area contributed by atoms with Gasteiger partial charge in [-0.15, -0.1) is 0 Å². The van der Waals surface area contributed by atoms with E-state index in [1.807, 2.05) is 31.2 Å². The van der Waals surface area contributed by atoms with E-state index >= 15 is 0 Å². The standard InChI is InChI=1S/C28H20N2O5S/c1-15-4-2-3-5-23(15)30-28(36)29-16-6-9-19(22(12-16)27(33)34)26-20-10-7-17(31)13-24(20)35-25-14-18(32)8-11-21(25)26/h2-14,31H,1H3,(H,33,34)(H2,29,30,36). The predicted molar refractivity (Wildman–Crippen MR) is 144 cm³/mol. The number of thiocarbonyl (C=S) groups is 1. The van der Waals surface area contributed by atoms with Crippen LogP contribution in [0, 0.1) is 6.92 Å². The van der Waals surface area contributed by atoms with Gasteiger partial charge in [0.05, 0.1) is 5.56 Å². The zero-order valence-electron chi connectivity index (χ0n) is 19.0. The molecule has 8 heteroatoms. The molecule has 0 bridgehead atoms. The number of phenolic OH excluding ortho intramolecular Hbond substituents is 1. The van der Waals surface area contributed by atoms with E-state index in [9.17, 15) is 19.8 Å². The quantitative estimate of drug-likeness (QED) is 0.175. The summed E-state index contributed by atoms with van der Waals surface area (Å²) in [7, 11) is 0. The average Bonchev–Trinajstić information content (AvgIpc) is 2.84. The number of aromatic carboxylic acids is 1. The number of para-hydroxylation sites is 1. The lowest BCUT2D eigenvalue weighted by molar-refractivity contribution is 0.0697. The second kappa shape index (κ2) is 9.16. The molecule has 1 heterocycles. The van der Waals surface area contributed by atoms with Crippen molar-refractivity contribution in [1.82, 2.24) is 0 Å². The molecule has 2 aliphatic rings. The van der Waals surface area contributed by atoms with Gasteiger partial charge in [-0.25, -0.2) is 4.79 Å². The smallest absolute Gasteiger partial charge is 0.336 e. The predicted octanol–water partition coefficient (Wildman–Crippen LogP) is 6.09. The fourth-order valence-electron chi connectivity index (χ4n) is 4.16. The van der Waals surface area contributed by atoms with Crippen molar-refractivity contribution >= 4 is 45.6 Å². The Kier molecular flexibility index (Phi) is 5.87. The molecule has 0 fully saturated rings.